The maximum atomic E-state index is 11.4. The molecule has 0 rings (SSSR count). The van der Waals surface area contributed by atoms with Crippen molar-refractivity contribution in [1.29, 1.82) is 0 Å². The van der Waals surface area contributed by atoms with Crippen LogP contribution in [0.15, 0.2) is 0 Å². The minimum Gasteiger partial charge on any atom is -0.356 e. The van der Waals surface area contributed by atoms with Gasteiger partial charge in [-0.05, 0) is 6.42 Å². The van der Waals surface area contributed by atoms with E-state index in [1.54, 1.807) is 11.9 Å². The molecule has 0 aliphatic heterocycles. The number of rotatable bonds is 5. The van der Waals surface area contributed by atoms with Gasteiger partial charge in [0.05, 0.1) is 0 Å². The molecule has 0 saturated carbocycles. The fourth-order valence-corrected chi connectivity index (χ4v) is 1.13. The van der Waals surface area contributed by atoms with E-state index >= 15 is 0 Å². The van der Waals surface area contributed by atoms with Crippen molar-refractivity contribution in [3.05, 3.63) is 0 Å². The molecule has 82 valence electrons. The van der Waals surface area contributed by atoms with Gasteiger partial charge in [-0.15, -0.1) is 0 Å². The number of hydrogen-bond donors (Lipinski definition) is 1. The molecule has 0 spiro atoms. The number of amides is 2. The first-order valence-electron chi connectivity index (χ1n) is 4.94. The summed E-state index contributed by atoms with van der Waals surface area (Å²) in [5.41, 5.74) is 0. The Hall–Kier alpha value is -1.06. The highest BCUT2D eigenvalue weighted by Gasteiger charge is 2.11. The Bertz CT molecular complexity index is 202. The zero-order chi connectivity index (χ0) is 11.1. The zero-order valence-electron chi connectivity index (χ0n) is 9.46. The van der Waals surface area contributed by atoms with Crippen LogP contribution in [-0.4, -0.2) is 36.9 Å². The van der Waals surface area contributed by atoms with Gasteiger partial charge in [-0.1, -0.05) is 13.8 Å². The summed E-state index contributed by atoms with van der Waals surface area (Å²) in [7, 11) is 1.79. The smallest absolute Gasteiger partial charge is 0.224 e. The van der Waals surface area contributed by atoms with E-state index in [1.807, 2.05) is 13.8 Å². The van der Waals surface area contributed by atoms with E-state index in [0.717, 1.165) is 6.42 Å². The van der Waals surface area contributed by atoms with Crippen LogP contribution in [0.4, 0.5) is 0 Å². The highest BCUT2D eigenvalue weighted by atomic mass is 16.2. The maximum Gasteiger partial charge on any atom is 0.224 e. The monoisotopic (exact) mass is 200 g/mol. The average molecular weight is 200 g/mol. The molecule has 4 heteroatoms. The maximum absolute atomic E-state index is 11.4. The quantitative estimate of drug-likeness (QED) is 0.662. The molecule has 1 N–H and O–H groups in total. The molecule has 0 fully saturated rings. The Balaban J connectivity index is 3.59. The highest BCUT2D eigenvalue weighted by Crippen LogP contribution is 1.99. The lowest BCUT2D eigenvalue weighted by Crippen LogP contribution is -2.33. The molecule has 2 amide bonds. The van der Waals surface area contributed by atoms with E-state index in [4.69, 9.17) is 0 Å². The molecule has 0 aliphatic carbocycles. The molecule has 0 aromatic carbocycles. The van der Waals surface area contributed by atoms with Crippen LogP contribution in [0.3, 0.4) is 0 Å². The third kappa shape index (κ3) is 5.56. The van der Waals surface area contributed by atoms with Crippen LogP contribution in [-0.2, 0) is 9.59 Å². The standard InChI is InChI=1S/C10H20N2O2/c1-8(2)10(14)12(4)7-5-6-11-9(3)13/h8H,5-7H2,1-4H3,(H,11,13). The van der Waals surface area contributed by atoms with Gasteiger partial charge in [0.15, 0.2) is 0 Å². The largest absolute Gasteiger partial charge is 0.356 e. The summed E-state index contributed by atoms with van der Waals surface area (Å²) in [6.45, 7) is 6.57. The van der Waals surface area contributed by atoms with Gasteiger partial charge in [-0.3, -0.25) is 9.59 Å². The van der Waals surface area contributed by atoms with Gasteiger partial charge in [0.1, 0.15) is 0 Å². The molecular formula is C10H20N2O2. The minimum atomic E-state index is -0.0251. The van der Waals surface area contributed by atoms with E-state index in [-0.39, 0.29) is 17.7 Å². The molecule has 0 atom stereocenters. The van der Waals surface area contributed by atoms with Crippen molar-refractivity contribution in [3.63, 3.8) is 0 Å². The first-order chi connectivity index (χ1) is 6.45. The summed E-state index contributed by atoms with van der Waals surface area (Å²) in [4.78, 5) is 23.6. The van der Waals surface area contributed by atoms with Crippen molar-refractivity contribution >= 4 is 11.8 Å². The van der Waals surface area contributed by atoms with Gasteiger partial charge in [0, 0.05) is 33.0 Å². The molecule has 0 bridgehead atoms. The van der Waals surface area contributed by atoms with Crippen molar-refractivity contribution in [2.75, 3.05) is 20.1 Å². The summed E-state index contributed by atoms with van der Waals surface area (Å²) < 4.78 is 0. The SMILES string of the molecule is CC(=O)NCCCN(C)C(=O)C(C)C. The lowest BCUT2D eigenvalue weighted by Gasteiger charge is -2.19. The predicted octanol–water partition coefficient (Wildman–Crippen LogP) is 0.627. The zero-order valence-corrected chi connectivity index (χ0v) is 9.46. The van der Waals surface area contributed by atoms with Crippen molar-refractivity contribution in [1.82, 2.24) is 10.2 Å². The Labute approximate surface area is 85.7 Å². The van der Waals surface area contributed by atoms with Gasteiger partial charge in [0.2, 0.25) is 11.8 Å². The van der Waals surface area contributed by atoms with Crippen LogP contribution in [0.2, 0.25) is 0 Å². The Morgan fingerprint density at radius 2 is 1.93 bits per heavy atom. The Morgan fingerprint density at radius 1 is 1.36 bits per heavy atom. The van der Waals surface area contributed by atoms with E-state index in [9.17, 15) is 9.59 Å². The van der Waals surface area contributed by atoms with Crippen molar-refractivity contribution < 1.29 is 9.59 Å². The fraction of sp³-hybridized carbons (Fsp3) is 0.800. The summed E-state index contributed by atoms with van der Waals surface area (Å²) in [6, 6.07) is 0. The summed E-state index contributed by atoms with van der Waals surface area (Å²) in [5.74, 6) is 0.163. The van der Waals surface area contributed by atoms with Gasteiger partial charge >= 0.3 is 0 Å². The van der Waals surface area contributed by atoms with Crippen molar-refractivity contribution in [2.45, 2.75) is 27.2 Å². The normalized spacial score (nSPS) is 10.1. The van der Waals surface area contributed by atoms with Crippen LogP contribution in [0.25, 0.3) is 0 Å². The molecule has 0 aromatic heterocycles. The van der Waals surface area contributed by atoms with E-state index in [2.05, 4.69) is 5.32 Å². The molecule has 0 unspecified atom stereocenters. The second kappa shape index (κ2) is 6.40. The second-order valence-corrected chi connectivity index (χ2v) is 3.75. The lowest BCUT2D eigenvalue weighted by atomic mass is 10.2. The number of nitrogens with one attached hydrogen (secondary N) is 1. The predicted molar refractivity (Wildman–Crippen MR) is 55.8 cm³/mol. The van der Waals surface area contributed by atoms with Crippen LogP contribution >= 0.6 is 0 Å². The molecule has 0 saturated heterocycles. The van der Waals surface area contributed by atoms with E-state index in [1.165, 1.54) is 6.92 Å². The van der Waals surface area contributed by atoms with Gasteiger partial charge < -0.3 is 10.2 Å². The van der Waals surface area contributed by atoms with Crippen LogP contribution in [0.5, 0.6) is 0 Å². The second-order valence-electron chi connectivity index (χ2n) is 3.75. The molecule has 0 radical (unpaired) electrons. The van der Waals surface area contributed by atoms with Crippen LogP contribution in [0.1, 0.15) is 27.2 Å². The van der Waals surface area contributed by atoms with Crippen molar-refractivity contribution in [2.24, 2.45) is 5.92 Å². The summed E-state index contributed by atoms with van der Waals surface area (Å²) in [5, 5.41) is 2.69. The average Bonchev–Trinajstić information content (AvgIpc) is 2.10. The van der Waals surface area contributed by atoms with Gasteiger partial charge in [-0.25, -0.2) is 0 Å². The van der Waals surface area contributed by atoms with E-state index in [0.29, 0.717) is 13.1 Å². The van der Waals surface area contributed by atoms with Gasteiger partial charge in [-0.2, -0.15) is 0 Å². The Morgan fingerprint density at radius 3 is 2.36 bits per heavy atom. The van der Waals surface area contributed by atoms with Crippen molar-refractivity contribution in [3.8, 4) is 0 Å². The van der Waals surface area contributed by atoms with Crippen LogP contribution in [0, 0.1) is 5.92 Å². The molecule has 0 aliphatic rings. The fourth-order valence-electron chi connectivity index (χ4n) is 1.13. The first kappa shape index (κ1) is 12.9. The third-order valence-electron chi connectivity index (χ3n) is 1.91. The number of nitrogens with zero attached hydrogens (tertiary/aromatic N) is 1. The third-order valence-corrected chi connectivity index (χ3v) is 1.91. The molecule has 0 heterocycles. The van der Waals surface area contributed by atoms with Crippen LogP contribution < -0.4 is 5.32 Å². The van der Waals surface area contributed by atoms with Gasteiger partial charge in [0.25, 0.3) is 0 Å². The lowest BCUT2D eigenvalue weighted by molar-refractivity contribution is -0.133. The number of hydrogen-bond acceptors (Lipinski definition) is 2. The minimum absolute atomic E-state index is 0.0251. The topological polar surface area (TPSA) is 49.4 Å². The molecule has 4 nitrogen and oxygen atoms in total. The highest BCUT2D eigenvalue weighted by molar-refractivity contribution is 5.77. The first-order valence-corrected chi connectivity index (χ1v) is 4.94. The molecule has 14 heavy (non-hydrogen) atoms. The van der Waals surface area contributed by atoms with E-state index < -0.39 is 0 Å². The number of carbonyl (C=O) groups excluding carboxylic acids is 2. The number of carbonyl (C=O) groups is 2. The summed E-state index contributed by atoms with van der Waals surface area (Å²) >= 11 is 0. The Kier molecular flexibility index (Phi) is 5.92. The summed E-state index contributed by atoms with van der Waals surface area (Å²) in [6.07, 6.45) is 0.800. The molecular weight excluding hydrogens is 180 g/mol. The molecule has 0 aromatic rings.